The van der Waals surface area contributed by atoms with Crippen LogP contribution in [0.2, 0.25) is 0 Å². The molecule has 2 aromatic rings. The first-order valence-electron chi connectivity index (χ1n) is 8.01. The summed E-state index contributed by atoms with van der Waals surface area (Å²) < 4.78 is 31.2. The van der Waals surface area contributed by atoms with Crippen LogP contribution in [0, 0.1) is 20.8 Å². The predicted molar refractivity (Wildman–Crippen MR) is 97.6 cm³/mol. The van der Waals surface area contributed by atoms with Crippen molar-refractivity contribution < 1.29 is 22.7 Å². The summed E-state index contributed by atoms with van der Waals surface area (Å²) in [6, 6.07) is 11.4. The van der Waals surface area contributed by atoms with Crippen molar-refractivity contribution in [3.05, 3.63) is 64.7 Å². The number of hydrogen-bond acceptors (Lipinski definition) is 5. The van der Waals surface area contributed by atoms with Gasteiger partial charge in [-0.25, -0.2) is 8.42 Å². The van der Waals surface area contributed by atoms with Crippen molar-refractivity contribution in [2.45, 2.75) is 25.7 Å². The molecule has 0 unspecified atom stereocenters. The summed E-state index contributed by atoms with van der Waals surface area (Å²) in [6.07, 6.45) is 0. The van der Waals surface area contributed by atoms with E-state index in [2.05, 4.69) is 4.72 Å². The number of hydrogen-bond donors (Lipinski definition) is 1. The maximum absolute atomic E-state index is 12.1. The molecule has 0 bridgehead atoms. The van der Waals surface area contributed by atoms with Crippen LogP contribution in [0.25, 0.3) is 0 Å². The van der Waals surface area contributed by atoms with Crippen LogP contribution < -0.4 is 4.72 Å². The van der Waals surface area contributed by atoms with Crippen molar-refractivity contribution in [1.29, 1.82) is 0 Å². The van der Waals surface area contributed by atoms with Crippen LogP contribution in [0.3, 0.4) is 0 Å². The SMILES string of the molecule is Cc1ccc(S(=O)(=O)NCC(=O)OCC(=O)c2ccc(C)c(C)c2)cc1. The van der Waals surface area contributed by atoms with Crippen molar-refractivity contribution in [1.82, 2.24) is 4.72 Å². The number of aryl methyl sites for hydroxylation is 3. The standard InChI is InChI=1S/C19H21NO5S/c1-13-4-8-17(9-5-13)26(23,24)20-11-19(22)25-12-18(21)16-7-6-14(2)15(3)10-16/h4-10,20H,11-12H2,1-3H3. The molecule has 0 aliphatic carbocycles. The van der Waals surface area contributed by atoms with E-state index in [1.807, 2.05) is 26.8 Å². The third kappa shape index (κ3) is 5.24. The van der Waals surface area contributed by atoms with Gasteiger partial charge in [-0.15, -0.1) is 0 Å². The summed E-state index contributed by atoms with van der Waals surface area (Å²) in [5.74, 6) is -1.17. The molecule has 6 nitrogen and oxygen atoms in total. The van der Waals surface area contributed by atoms with E-state index in [4.69, 9.17) is 4.74 Å². The fraction of sp³-hybridized carbons (Fsp3) is 0.263. The Morgan fingerprint density at radius 2 is 1.62 bits per heavy atom. The normalized spacial score (nSPS) is 11.2. The number of rotatable bonds is 7. The first kappa shape index (κ1) is 19.8. The zero-order valence-corrected chi connectivity index (χ0v) is 15.7. The maximum Gasteiger partial charge on any atom is 0.321 e. The molecule has 0 saturated carbocycles. The van der Waals surface area contributed by atoms with Crippen LogP contribution in [0.15, 0.2) is 47.4 Å². The van der Waals surface area contributed by atoms with E-state index in [0.717, 1.165) is 16.7 Å². The van der Waals surface area contributed by atoms with Crippen LogP contribution in [-0.2, 0) is 19.6 Å². The van der Waals surface area contributed by atoms with E-state index in [1.165, 1.54) is 12.1 Å². The lowest BCUT2D eigenvalue weighted by molar-refractivity contribution is -0.141. The summed E-state index contributed by atoms with van der Waals surface area (Å²) in [4.78, 5) is 23.8. The Morgan fingerprint density at radius 3 is 2.23 bits per heavy atom. The van der Waals surface area contributed by atoms with Gasteiger partial charge in [0.05, 0.1) is 4.90 Å². The molecule has 138 valence electrons. The smallest absolute Gasteiger partial charge is 0.321 e. The minimum Gasteiger partial charge on any atom is -0.456 e. The second kappa shape index (κ2) is 8.25. The number of benzene rings is 2. The van der Waals surface area contributed by atoms with Crippen molar-refractivity contribution >= 4 is 21.8 Å². The number of nitrogens with one attached hydrogen (secondary N) is 1. The highest BCUT2D eigenvalue weighted by atomic mass is 32.2. The van der Waals surface area contributed by atoms with Gasteiger partial charge in [0.1, 0.15) is 6.54 Å². The van der Waals surface area contributed by atoms with E-state index >= 15 is 0 Å². The van der Waals surface area contributed by atoms with Gasteiger partial charge in [-0.05, 0) is 50.1 Å². The van der Waals surface area contributed by atoms with Crippen molar-refractivity contribution in [3.63, 3.8) is 0 Å². The van der Waals surface area contributed by atoms with Gasteiger partial charge in [-0.3, -0.25) is 9.59 Å². The number of ether oxygens (including phenoxy) is 1. The Morgan fingerprint density at radius 1 is 0.962 bits per heavy atom. The molecule has 7 heteroatoms. The van der Waals surface area contributed by atoms with Gasteiger partial charge >= 0.3 is 5.97 Å². The molecule has 0 amide bonds. The molecule has 26 heavy (non-hydrogen) atoms. The van der Waals surface area contributed by atoms with Crippen LogP contribution in [0.4, 0.5) is 0 Å². The molecule has 0 radical (unpaired) electrons. The average molecular weight is 375 g/mol. The molecule has 2 rings (SSSR count). The maximum atomic E-state index is 12.1. The van der Waals surface area contributed by atoms with Crippen LogP contribution in [-0.4, -0.2) is 33.3 Å². The van der Waals surface area contributed by atoms with Crippen LogP contribution in [0.1, 0.15) is 27.0 Å². The van der Waals surface area contributed by atoms with Crippen molar-refractivity contribution in [2.24, 2.45) is 0 Å². The van der Waals surface area contributed by atoms with Crippen molar-refractivity contribution in [2.75, 3.05) is 13.2 Å². The molecular formula is C19H21NO5S. The number of ketones is 1. The number of carbonyl (C=O) groups is 2. The molecule has 2 aromatic carbocycles. The summed E-state index contributed by atoms with van der Waals surface area (Å²) in [5, 5.41) is 0. The molecule has 0 saturated heterocycles. The third-order valence-electron chi connectivity index (χ3n) is 3.93. The van der Waals surface area contributed by atoms with Gasteiger partial charge in [0.15, 0.2) is 12.4 Å². The molecule has 1 N–H and O–H groups in total. The van der Waals surface area contributed by atoms with E-state index in [0.29, 0.717) is 5.56 Å². The number of esters is 1. The fourth-order valence-electron chi connectivity index (χ4n) is 2.15. The van der Waals surface area contributed by atoms with Crippen LogP contribution >= 0.6 is 0 Å². The van der Waals surface area contributed by atoms with Gasteiger partial charge < -0.3 is 4.74 Å². The largest absolute Gasteiger partial charge is 0.456 e. The Hall–Kier alpha value is -2.51. The van der Waals surface area contributed by atoms with E-state index < -0.39 is 29.1 Å². The average Bonchev–Trinajstić information content (AvgIpc) is 2.60. The molecule has 0 atom stereocenters. The van der Waals surface area contributed by atoms with Gasteiger partial charge in [0.25, 0.3) is 0 Å². The lowest BCUT2D eigenvalue weighted by Crippen LogP contribution is -2.31. The first-order valence-corrected chi connectivity index (χ1v) is 9.50. The molecule has 0 aliphatic heterocycles. The minimum atomic E-state index is -3.81. The van der Waals surface area contributed by atoms with Gasteiger partial charge in [0.2, 0.25) is 10.0 Å². The molecule has 0 fully saturated rings. The zero-order chi connectivity index (χ0) is 19.3. The molecular weight excluding hydrogens is 354 g/mol. The second-order valence-electron chi connectivity index (χ2n) is 6.02. The van der Waals surface area contributed by atoms with Gasteiger partial charge in [-0.2, -0.15) is 4.72 Å². The highest BCUT2D eigenvalue weighted by Crippen LogP contribution is 2.11. The third-order valence-corrected chi connectivity index (χ3v) is 5.35. The topological polar surface area (TPSA) is 89.5 Å². The number of sulfonamides is 1. The zero-order valence-electron chi connectivity index (χ0n) is 14.9. The summed E-state index contributed by atoms with van der Waals surface area (Å²) in [7, 11) is -3.81. The highest BCUT2D eigenvalue weighted by Gasteiger charge is 2.17. The lowest BCUT2D eigenvalue weighted by Gasteiger charge is -2.08. The first-order chi connectivity index (χ1) is 12.2. The lowest BCUT2D eigenvalue weighted by atomic mass is 10.0. The highest BCUT2D eigenvalue weighted by molar-refractivity contribution is 7.89. The summed E-state index contributed by atoms with van der Waals surface area (Å²) >= 11 is 0. The fourth-order valence-corrected chi connectivity index (χ4v) is 3.12. The number of Topliss-reactive ketones (excluding diaryl/α,β-unsaturated/α-hetero) is 1. The summed E-state index contributed by atoms with van der Waals surface area (Å²) in [6.45, 7) is 4.68. The Labute approximate surface area is 153 Å². The molecule has 0 heterocycles. The predicted octanol–water partition coefficient (Wildman–Crippen LogP) is 2.32. The van der Waals surface area contributed by atoms with Crippen molar-refractivity contribution in [3.8, 4) is 0 Å². The van der Waals surface area contributed by atoms with E-state index in [9.17, 15) is 18.0 Å². The van der Waals surface area contributed by atoms with E-state index in [-0.39, 0.29) is 10.7 Å². The second-order valence-corrected chi connectivity index (χ2v) is 7.79. The molecule has 0 aliphatic rings. The van der Waals surface area contributed by atoms with E-state index in [1.54, 1.807) is 24.3 Å². The van der Waals surface area contributed by atoms with Gasteiger partial charge in [0, 0.05) is 5.56 Å². The monoisotopic (exact) mass is 375 g/mol. The Bertz CT molecular complexity index is 917. The quantitative estimate of drug-likeness (QED) is 0.592. The Kier molecular flexibility index (Phi) is 6.28. The summed E-state index contributed by atoms with van der Waals surface area (Å²) in [5.41, 5.74) is 3.39. The van der Waals surface area contributed by atoms with Crippen LogP contribution in [0.5, 0.6) is 0 Å². The van der Waals surface area contributed by atoms with Gasteiger partial charge in [-0.1, -0.05) is 29.8 Å². The molecule has 0 spiro atoms. The minimum absolute atomic E-state index is 0.0575. The molecule has 0 aromatic heterocycles. The number of carbonyl (C=O) groups excluding carboxylic acids is 2. The Balaban J connectivity index is 1.87.